The second kappa shape index (κ2) is 7.74. The van der Waals surface area contributed by atoms with Crippen molar-refractivity contribution in [1.29, 1.82) is 0 Å². The number of amides is 1. The minimum Gasteiger partial charge on any atom is -0.354 e. The van der Waals surface area contributed by atoms with Gasteiger partial charge in [-0.15, -0.1) is 0 Å². The third-order valence-electron chi connectivity index (χ3n) is 3.78. The van der Waals surface area contributed by atoms with Crippen LogP contribution in [-0.2, 0) is 4.79 Å². The van der Waals surface area contributed by atoms with Gasteiger partial charge in [-0.3, -0.25) is 4.79 Å². The Labute approximate surface area is 111 Å². The summed E-state index contributed by atoms with van der Waals surface area (Å²) in [6.45, 7) is 10.6. The molecule has 0 spiro atoms. The molecule has 0 aromatic heterocycles. The number of rotatable bonds is 6. The highest BCUT2D eigenvalue weighted by Crippen LogP contribution is 2.15. The Morgan fingerprint density at radius 3 is 2.50 bits per heavy atom. The first-order chi connectivity index (χ1) is 8.52. The Morgan fingerprint density at radius 2 is 2.00 bits per heavy atom. The molecule has 3 N–H and O–H groups in total. The number of carbonyl (C=O) groups is 1. The summed E-state index contributed by atoms with van der Waals surface area (Å²) >= 11 is 0. The fraction of sp³-hybridized carbons (Fsp3) is 0.929. The third-order valence-corrected chi connectivity index (χ3v) is 3.78. The molecule has 0 radical (unpaired) electrons. The van der Waals surface area contributed by atoms with Crippen LogP contribution in [0.15, 0.2) is 0 Å². The van der Waals surface area contributed by atoms with Crippen molar-refractivity contribution < 1.29 is 4.79 Å². The largest absolute Gasteiger partial charge is 0.354 e. The molecule has 0 aliphatic carbocycles. The minimum atomic E-state index is -0.347. The van der Waals surface area contributed by atoms with Crippen LogP contribution in [0.3, 0.4) is 0 Å². The molecule has 1 aliphatic heterocycles. The SMILES string of the molecule is CCN1CCC(CNC(=O)C(N)CC(C)C)CC1. The van der Waals surface area contributed by atoms with Gasteiger partial charge >= 0.3 is 0 Å². The second-order valence-corrected chi connectivity index (χ2v) is 5.86. The van der Waals surface area contributed by atoms with Crippen LogP contribution in [0.4, 0.5) is 0 Å². The lowest BCUT2D eigenvalue weighted by Crippen LogP contribution is -2.44. The van der Waals surface area contributed by atoms with E-state index in [-0.39, 0.29) is 11.9 Å². The fourth-order valence-electron chi connectivity index (χ4n) is 2.50. The summed E-state index contributed by atoms with van der Waals surface area (Å²) in [5, 5.41) is 3.01. The lowest BCUT2D eigenvalue weighted by atomic mass is 9.96. The highest BCUT2D eigenvalue weighted by molar-refractivity contribution is 5.81. The lowest BCUT2D eigenvalue weighted by Gasteiger charge is -2.31. The van der Waals surface area contributed by atoms with Gasteiger partial charge in [0.25, 0.3) is 0 Å². The summed E-state index contributed by atoms with van der Waals surface area (Å²) in [6, 6.07) is -0.347. The molecular weight excluding hydrogens is 226 g/mol. The predicted octanol–water partition coefficient (Wildman–Crippen LogP) is 1.21. The smallest absolute Gasteiger partial charge is 0.236 e. The van der Waals surface area contributed by atoms with Gasteiger partial charge in [-0.2, -0.15) is 0 Å². The molecule has 0 aromatic carbocycles. The summed E-state index contributed by atoms with van der Waals surface area (Å²) in [6.07, 6.45) is 3.14. The van der Waals surface area contributed by atoms with E-state index in [9.17, 15) is 4.79 Å². The molecule has 1 rings (SSSR count). The Balaban J connectivity index is 2.19. The molecule has 0 saturated carbocycles. The Morgan fingerprint density at radius 1 is 1.39 bits per heavy atom. The quantitative estimate of drug-likeness (QED) is 0.750. The van der Waals surface area contributed by atoms with Gasteiger partial charge in [0.15, 0.2) is 0 Å². The summed E-state index contributed by atoms with van der Waals surface area (Å²) < 4.78 is 0. The molecule has 4 nitrogen and oxygen atoms in total. The van der Waals surface area contributed by atoms with E-state index >= 15 is 0 Å². The maximum absolute atomic E-state index is 11.8. The van der Waals surface area contributed by atoms with Crippen molar-refractivity contribution in [2.75, 3.05) is 26.2 Å². The summed E-state index contributed by atoms with van der Waals surface area (Å²) in [7, 11) is 0. The van der Waals surface area contributed by atoms with Crippen molar-refractivity contribution in [2.24, 2.45) is 17.6 Å². The van der Waals surface area contributed by atoms with Gasteiger partial charge in [-0.1, -0.05) is 20.8 Å². The van der Waals surface area contributed by atoms with Crippen molar-refractivity contribution in [3.63, 3.8) is 0 Å². The van der Waals surface area contributed by atoms with Gasteiger partial charge in [-0.25, -0.2) is 0 Å². The van der Waals surface area contributed by atoms with E-state index in [4.69, 9.17) is 5.73 Å². The van der Waals surface area contributed by atoms with Crippen molar-refractivity contribution >= 4 is 5.91 Å². The van der Waals surface area contributed by atoms with Crippen LogP contribution in [0.2, 0.25) is 0 Å². The van der Waals surface area contributed by atoms with Gasteiger partial charge in [0.2, 0.25) is 5.91 Å². The summed E-state index contributed by atoms with van der Waals surface area (Å²) in [5.74, 6) is 1.11. The molecule has 1 heterocycles. The minimum absolute atomic E-state index is 0.0154. The fourth-order valence-corrected chi connectivity index (χ4v) is 2.50. The van der Waals surface area contributed by atoms with Crippen LogP contribution >= 0.6 is 0 Å². The number of nitrogens with two attached hydrogens (primary N) is 1. The van der Waals surface area contributed by atoms with Crippen molar-refractivity contribution in [3.05, 3.63) is 0 Å². The highest BCUT2D eigenvalue weighted by atomic mass is 16.2. The van der Waals surface area contributed by atoms with Crippen LogP contribution in [0.5, 0.6) is 0 Å². The molecule has 1 unspecified atom stereocenters. The van der Waals surface area contributed by atoms with Crippen molar-refractivity contribution in [2.45, 2.75) is 46.1 Å². The topological polar surface area (TPSA) is 58.4 Å². The normalized spacial score (nSPS) is 20.1. The van der Waals surface area contributed by atoms with Crippen LogP contribution in [0.25, 0.3) is 0 Å². The molecule has 0 bridgehead atoms. The molecular formula is C14H29N3O. The number of hydrogen-bond acceptors (Lipinski definition) is 3. The van der Waals surface area contributed by atoms with Crippen LogP contribution in [-0.4, -0.2) is 43.0 Å². The van der Waals surface area contributed by atoms with E-state index < -0.39 is 0 Å². The van der Waals surface area contributed by atoms with Gasteiger partial charge in [0.1, 0.15) is 0 Å². The van der Waals surface area contributed by atoms with Crippen molar-refractivity contribution in [1.82, 2.24) is 10.2 Å². The molecule has 18 heavy (non-hydrogen) atoms. The molecule has 1 aliphatic rings. The average Bonchev–Trinajstić information content (AvgIpc) is 2.35. The summed E-state index contributed by atoms with van der Waals surface area (Å²) in [4.78, 5) is 14.3. The second-order valence-electron chi connectivity index (χ2n) is 5.86. The molecule has 1 atom stereocenters. The number of nitrogens with one attached hydrogen (secondary N) is 1. The van der Waals surface area contributed by atoms with E-state index in [0.29, 0.717) is 11.8 Å². The average molecular weight is 255 g/mol. The molecule has 1 saturated heterocycles. The first-order valence-electron chi connectivity index (χ1n) is 7.28. The number of likely N-dealkylation sites (tertiary alicyclic amines) is 1. The van der Waals surface area contributed by atoms with E-state index in [1.54, 1.807) is 0 Å². The lowest BCUT2D eigenvalue weighted by molar-refractivity contribution is -0.122. The maximum Gasteiger partial charge on any atom is 0.236 e. The van der Waals surface area contributed by atoms with Gasteiger partial charge < -0.3 is 16.0 Å². The van der Waals surface area contributed by atoms with E-state index in [2.05, 4.69) is 31.0 Å². The van der Waals surface area contributed by atoms with Gasteiger partial charge in [0, 0.05) is 6.54 Å². The molecule has 1 amide bonds. The molecule has 1 fully saturated rings. The molecule has 106 valence electrons. The maximum atomic E-state index is 11.8. The van der Waals surface area contributed by atoms with Crippen LogP contribution in [0, 0.1) is 11.8 Å². The van der Waals surface area contributed by atoms with Crippen molar-refractivity contribution in [3.8, 4) is 0 Å². The Hall–Kier alpha value is -0.610. The van der Waals surface area contributed by atoms with Crippen LogP contribution < -0.4 is 11.1 Å². The zero-order valence-electron chi connectivity index (χ0n) is 12.1. The molecule has 4 heteroatoms. The Kier molecular flexibility index (Phi) is 6.65. The number of carbonyl (C=O) groups excluding carboxylic acids is 1. The zero-order valence-corrected chi connectivity index (χ0v) is 12.1. The zero-order chi connectivity index (χ0) is 13.5. The predicted molar refractivity (Wildman–Crippen MR) is 75.3 cm³/mol. The van der Waals surface area contributed by atoms with E-state index in [1.165, 1.54) is 12.8 Å². The number of nitrogens with zero attached hydrogens (tertiary/aromatic N) is 1. The van der Waals surface area contributed by atoms with E-state index in [0.717, 1.165) is 32.6 Å². The molecule has 0 aromatic rings. The van der Waals surface area contributed by atoms with Gasteiger partial charge in [-0.05, 0) is 50.7 Å². The first kappa shape index (κ1) is 15.4. The highest BCUT2D eigenvalue weighted by Gasteiger charge is 2.20. The van der Waals surface area contributed by atoms with E-state index in [1.807, 2.05) is 0 Å². The first-order valence-corrected chi connectivity index (χ1v) is 7.28. The Bertz CT molecular complexity index is 247. The monoisotopic (exact) mass is 255 g/mol. The van der Waals surface area contributed by atoms with Gasteiger partial charge in [0.05, 0.1) is 6.04 Å². The standard InChI is InChI=1S/C14H29N3O/c1-4-17-7-5-12(6-8-17)10-16-14(18)13(15)9-11(2)3/h11-13H,4-10,15H2,1-3H3,(H,16,18). The van der Waals surface area contributed by atoms with Crippen LogP contribution in [0.1, 0.15) is 40.0 Å². The summed E-state index contributed by atoms with van der Waals surface area (Å²) in [5.41, 5.74) is 5.86. The number of piperidine rings is 1. The number of hydrogen-bond donors (Lipinski definition) is 2. The third kappa shape index (κ3) is 5.36.